The normalized spacial score (nSPS) is 12.4. The average molecular weight is 217 g/mol. The molecule has 0 saturated carbocycles. The summed E-state index contributed by atoms with van der Waals surface area (Å²) in [5, 5.41) is 0. The Bertz CT molecular complexity index is 317. The molecule has 1 aromatic rings. The Morgan fingerprint density at radius 2 is 2.12 bits per heavy atom. The van der Waals surface area contributed by atoms with Gasteiger partial charge in [-0.3, -0.25) is 0 Å². The van der Waals surface area contributed by atoms with Crippen LogP contribution >= 0.6 is 0 Å². The number of rotatable bonds is 7. The van der Waals surface area contributed by atoms with Crippen molar-refractivity contribution in [1.29, 1.82) is 0 Å². The van der Waals surface area contributed by atoms with Crippen molar-refractivity contribution in [1.82, 2.24) is 0 Å². The fourth-order valence-electron chi connectivity index (χ4n) is 1.90. The molecule has 88 valence electrons. The predicted molar refractivity (Wildman–Crippen MR) is 71.4 cm³/mol. The number of unbranched alkanes of at least 4 members (excludes halogenated alkanes) is 3. The highest BCUT2D eigenvalue weighted by Crippen LogP contribution is 2.18. The predicted octanol–water partition coefficient (Wildman–Crippen LogP) is 4.13. The second-order valence-corrected chi connectivity index (χ2v) is 4.45. The fourth-order valence-corrected chi connectivity index (χ4v) is 1.90. The third-order valence-electron chi connectivity index (χ3n) is 2.89. The summed E-state index contributed by atoms with van der Waals surface area (Å²) in [5.41, 5.74) is 8.72. The maximum absolute atomic E-state index is 6.16. The first-order valence-corrected chi connectivity index (χ1v) is 6.17. The first kappa shape index (κ1) is 13.0. The van der Waals surface area contributed by atoms with E-state index in [1.807, 2.05) is 6.08 Å². The zero-order chi connectivity index (χ0) is 11.8. The van der Waals surface area contributed by atoms with Gasteiger partial charge in [-0.05, 0) is 31.7 Å². The minimum Gasteiger partial charge on any atom is -0.324 e. The van der Waals surface area contributed by atoms with E-state index in [2.05, 4.69) is 37.8 Å². The third kappa shape index (κ3) is 4.63. The first-order valence-electron chi connectivity index (χ1n) is 6.17. The van der Waals surface area contributed by atoms with Crippen LogP contribution in [0.25, 0.3) is 0 Å². The van der Waals surface area contributed by atoms with Crippen LogP contribution in [0.5, 0.6) is 0 Å². The molecule has 0 aromatic heterocycles. The van der Waals surface area contributed by atoms with Crippen molar-refractivity contribution in [3.8, 4) is 0 Å². The van der Waals surface area contributed by atoms with Gasteiger partial charge < -0.3 is 5.73 Å². The summed E-state index contributed by atoms with van der Waals surface area (Å²) in [7, 11) is 0. The van der Waals surface area contributed by atoms with Crippen molar-refractivity contribution >= 4 is 0 Å². The summed E-state index contributed by atoms with van der Waals surface area (Å²) >= 11 is 0. The quantitative estimate of drug-likeness (QED) is 0.539. The van der Waals surface area contributed by atoms with Crippen LogP contribution in [0.2, 0.25) is 0 Å². The Balaban J connectivity index is 2.29. The van der Waals surface area contributed by atoms with E-state index in [1.54, 1.807) is 0 Å². The highest BCUT2D eigenvalue weighted by molar-refractivity contribution is 5.24. The Kier molecular flexibility index (Phi) is 5.87. The van der Waals surface area contributed by atoms with Gasteiger partial charge in [-0.2, -0.15) is 0 Å². The zero-order valence-electron chi connectivity index (χ0n) is 10.3. The third-order valence-corrected chi connectivity index (χ3v) is 2.89. The Morgan fingerprint density at radius 1 is 1.31 bits per heavy atom. The van der Waals surface area contributed by atoms with E-state index >= 15 is 0 Å². The van der Waals surface area contributed by atoms with Crippen molar-refractivity contribution in [3.05, 3.63) is 48.0 Å². The van der Waals surface area contributed by atoms with Crippen molar-refractivity contribution in [2.24, 2.45) is 5.73 Å². The number of aryl methyl sites for hydroxylation is 1. The average Bonchev–Trinajstić information content (AvgIpc) is 2.28. The van der Waals surface area contributed by atoms with Gasteiger partial charge in [0.15, 0.2) is 0 Å². The van der Waals surface area contributed by atoms with E-state index in [4.69, 9.17) is 5.73 Å². The molecular formula is C15H23N. The van der Waals surface area contributed by atoms with E-state index < -0.39 is 0 Å². The van der Waals surface area contributed by atoms with Gasteiger partial charge in [-0.1, -0.05) is 48.7 Å². The van der Waals surface area contributed by atoms with E-state index in [0.29, 0.717) is 0 Å². The van der Waals surface area contributed by atoms with Crippen LogP contribution in [0.1, 0.15) is 49.3 Å². The highest BCUT2D eigenvalue weighted by Gasteiger charge is 2.04. The lowest BCUT2D eigenvalue weighted by Gasteiger charge is -2.12. The van der Waals surface area contributed by atoms with Crippen LogP contribution in [-0.4, -0.2) is 0 Å². The standard InChI is InChI=1S/C15H23N/c1-3-4-5-6-7-11-15(16)14-10-8-9-13(2)12-14/h3,8-10,12,15H,1,4-7,11,16H2,2H3. The second-order valence-electron chi connectivity index (χ2n) is 4.45. The monoisotopic (exact) mass is 217 g/mol. The molecule has 1 rings (SSSR count). The highest BCUT2D eigenvalue weighted by atomic mass is 14.6. The maximum atomic E-state index is 6.16. The van der Waals surface area contributed by atoms with Crippen LogP contribution < -0.4 is 5.73 Å². The number of hydrogen-bond donors (Lipinski definition) is 1. The van der Waals surface area contributed by atoms with Gasteiger partial charge in [0.2, 0.25) is 0 Å². The van der Waals surface area contributed by atoms with Crippen molar-refractivity contribution in [2.45, 2.75) is 45.1 Å². The topological polar surface area (TPSA) is 26.0 Å². The molecule has 2 N–H and O–H groups in total. The summed E-state index contributed by atoms with van der Waals surface area (Å²) in [4.78, 5) is 0. The number of nitrogens with two attached hydrogens (primary N) is 1. The van der Waals surface area contributed by atoms with E-state index in [0.717, 1.165) is 12.8 Å². The lowest BCUT2D eigenvalue weighted by atomic mass is 9.99. The van der Waals surface area contributed by atoms with Crippen molar-refractivity contribution in [3.63, 3.8) is 0 Å². The fraction of sp³-hybridized carbons (Fsp3) is 0.467. The maximum Gasteiger partial charge on any atom is 0.0294 e. The van der Waals surface area contributed by atoms with E-state index in [1.165, 1.54) is 30.4 Å². The number of hydrogen-bond acceptors (Lipinski definition) is 1. The first-order chi connectivity index (χ1) is 7.74. The van der Waals surface area contributed by atoms with Gasteiger partial charge in [0.05, 0.1) is 0 Å². The molecule has 16 heavy (non-hydrogen) atoms. The molecule has 0 bridgehead atoms. The molecule has 0 radical (unpaired) electrons. The molecule has 0 spiro atoms. The van der Waals surface area contributed by atoms with Crippen LogP contribution in [0, 0.1) is 6.92 Å². The molecule has 0 aliphatic carbocycles. The summed E-state index contributed by atoms with van der Waals surface area (Å²) < 4.78 is 0. The minimum absolute atomic E-state index is 0.198. The summed E-state index contributed by atoms with van der Waals surface area (Å²) in [6.07, 6.45) is 7.90. The minimum atomic E-state index is 0.198. The molecule has 0 amide bonds. The van der Waals surface area contributed by atoms with Crippen LogP contribution in [0.15, 0.2) is 36.9 Å². The SMILES string of the molecule is C=CCCCCCC(N)c1cccc(C)c1. The molecule has 0 saturated heterocycles. The summed E-state index contributed by atoms with van der Waals surface area (Å²) in [6.45, 7) is 5.84. The van der Waals surface area contributed by atoms with Crippen LogP contribution in [0.3, 0.4) is 0 Å². The van der Waals surface area contributed by atoms with E-state index in [-0.39, 0.29) is 6.04 Å². The number of benzene rings is 1. The molecule has 1 atom stereocenters. The molecular weight excluding hydrogens is 194 g/mol. The molecule has 1 heteroatoms. The Morgan fingerprint density at radius 3 is 2.81 bits per heavy atom. The van der Waals surface area contributed by atoms with Gasteiger partial charge in [0.1, 0.15) is 0 Å². The van der Waals surface area contributed by atoms with Crippen LogP contribution in [0.4, 0.5) is 0 Å². The number of allylic oxidation sites excluding steroid dienone is 1. The Hall–Kier alpha value is -1.08. The summed E-state index contributed by atoms with van der Waals surface area (Å²) in [5.74, 6) is 0. The van der Waals surface area contributed by atoms with E-state index in [9.17, 15) is 0 Å². The largest absolute Gasteiger partial charge is 0.324 e. The van der Waals surface area contributed by atoms with Crippen molar-refractivity contribution < 1.29 is 0 Å². The van der Waals surface area contributed by atoms with Crippen LogP contribution in [-0.2, 0) is 0 Å². The van der Waals surface area contributed by atoms with Crippen molar-refractivity contribution in [2.75, 3.05) is 0 Å². The molecule has 0 fully saturated rings. The molecule has 1 nitrogen and oxygen atoms in total. The lowest BCUT2D eigenvalue weighted by molar-refractivity contribution is 0.572. The second kappa shape index (κ2) is 7.24. The van der Waals surface area contributed by atoms with Gasteiger partial charge in [0, 0.05) is 6.04 Å². The Labute approximate surface area is 99.4 Å². The van der Waals surface area contributed by atoms with Gasteiger partial charge in [0.25, 0.3) is 0 Å². The zero-order valence-corrected chi connectivity index (χ0v) is 10.3. The molecule has 0 aliphatic heterocycles. The molecule has 0 heterocycles. The molecule has 1 unspecified atom stereocenters. The summed E-state index contributed by atoms with van der Waals surface area (Å²) in [6, 6.07) is 8.71. The van der Waals surface area contributed by atoms with Gasteiger partial charge >= 0.3 is 0 Å². The van der Waals surface area contributed by atoms with Gasteiger partial charge in [-0.25, -0.2) is 0 Å². The smallest absolute Gasteiger partial charge is 0.0294 e. The lowest BCUT2D eigenvalue weighted by Crippen LogP contribution is -2.10. The molecule has 0 aliphatic rings. The van der Waals surface area contributed by atoms with Gasteiger partial charge in [-0.15, -0.1) is 6.58 Å². The molecule has 1 aromatic carbocycles.